The zero-order valence-corrected chi connectivity index (χ0v) is 13.2. The molecule has 2 unspecified atom stereocenters. The zero-order chi connectivity index (χ0) is 15.4. The van der Waals surface area contributed by atoms with Gasteiger partial charge in [0, 0.05) is 26.2 Å². The SMILES string of the molecule is CN(C)c1cc(C(=O)NCC2CCCC(O)C2)cc(Cl)n1. The minimum absolute atomic E-state index is 0.150. The maximum Gasteiger partial charge on any atom is 0.251 e. The molecular formula is C15H22ClN3O2. The number of hydrogen-bond donors (Lipinski definition) is 2. The minimum Gasteiger partial charge on any atom is -0.393 e. The van der Waals surface area contributed by atoms with E-state index in [-0.39, 0.29) is 12.0 Å². The molecule has 1 amide bonds. The molecule has 1 aromatic rings. The first-order chi connectivity index (χ1) is 9.95. The lowest BCUT2D eigenvalue weighted by molar-refractivity contribution is 0.0874. The van der Waals surface area contributed by atoms with Gasteiger partial charge in [-0.1, -0.05) is 18.0 Å². The number of nitrogens with zero attached hydrogens (tertiary/aromatic N) is 2. The third-order valence-corrected chi connectivity index (χ3v) is 4.00. The van der Waals surface area contributed by atoms with Crippen LogP contribution in [0.3, 0.4) is 0 Å². The molecule has 0 saturated heterocycles. The van der Waals surface area contributed by atoms with Crippen LogP contribution in [0, 0.1) is 5.92 Å². The van der Waals surface area contributed by atoms with Crippen molar-refractivity contribution in [2.75, 3.05) is 25.5 Å². The number of nitrogens with one attached hydrogen (secondary N) is 1. The first-order valence-corrected chi connectivity index (χ1v) is 7.64. The first-order valence-electron chi connectivity index (χ1n) is 7.27. The zero-order valence-electron chi connectivity index (χ0n) is 12.5. The summed E-state index contributed by atoms with van der Waals surface area (Å²) in [5.41, 5.74) is 0.509. The summed E-state index contributed by atoms with van der Waals surface area (Å²) in [5, 5.41) is 12.9. The molecule has 1 aliphatic carbocycles. The van der Waals surface area contributed by atoms with Crippen molar-refractivity contribution in [2.45, 2.75) is 31.8 Å². The van der Waals surface area contributed by atoms with Gasteiger partial charge in [0.15, 0.2) is 0 Å². The molecule has 1 heterocycles. The van der Waals surface area contributed by atoms with Gasteiger partial charge in [-0.05, 0) is 37.3 Å². The van der Waals surface area contributed by atoms with Crippen molar-refractivity contribution in [3.05, 3.63) is 22.8 Å². The summed E-state index contributed by atoms with van der Waals surface area (Å²) in [6.45, 7) is 0.590. The average Bonchev–Trinajstić information content (AvgIpc) is 2.44. The summed E-state index contributed by atoms with van der Waals surface area (Å²) in [6, 6.07) is 3.29. The van der Waals surface area contributed by atoms with E-state index in [1.54, 1.807) is 17.0 Å². The fourth-order valence-corrected chi connectivity index (χ4v) is 2.83. The molecule has 1 saturated carbocycles. The predicted molar refractivity (Wildman–Crippen MR) is 83.9 cm³/mol. The van der Waals surface area contributed by atoms with Crippen molar-refractivity contribution in [3.63, 3.8) is 0 Å². The Kier molecular flexibility index (Phi) is 5.42. The number of aromatic nitrogens is 1. The molecule has 116 valence electrons. The van der Waals surface area contributed by atoms with E-state index in [9.17, 15) is 9.90 Å². The average molecular weight is 312 g/mol. The Morgan fingerprint density at radius 2 is 2.24 bits per heavy atom. The predicted octanol–water partition coefficient (Wildman–Crippen LogP) is 2.08. The second kappa shape index (κ2) is 7.09. The maximum atomic E-state index is 12.2. The molecule has 0 aromatic carbocycles. The van der Waals surface area contributed by atoms with E-state index in [1.807, 2.05) is 14.1 Å². The number of aliphatic hydroxyl groups excluding tert-OH is 1. The Morgan fingerprint density at radius 1 is 1.48 bits per heavy atom. The summed E-state index contributed by atoms with van der Waals surface area (Å²) in [4.78, 5) is 18.2. The molecular weight excluding hydrogens is 290 g/mol. The number of hydrogen-bond acceptors (Lipinski definition) is 4. The van der Waals surface area contributed by atoms with Crippen molar-refractivity contribution in [1.82, 2.24) is 10.3 Å². The van der Waals surface area contributed by atoms with Gasteiger partial charge in [0.2, 0.25) is 0 Å². The molecule has 6 heteroatoms. The van der Waals surface area contributed by atoms with Crippen LogP contribution in [0.2, 0.25) is 5.15 Å². The van der Waals surface area contributed by atoms with E-state index in [0.717, 1.165) is 25.7 Å². The number of carbonyl (C=O) groups excluding carboxylic acids is 1. The van der Waals surface area contributed by atoms with Crippen LogP contribution in [0.15, 0.2) is 12.1 Å². The lowest BCUT2D eigenvalue weighted by atomic mass is 9.87. The first kappa shape index (κ1) is 16.0. The second-order valence-electron chi connectivity index (χ2n) is 5.83. The highest BCUT2D eigenvalue weighted by Crippen LogP contribution is 2.23. The van der Waals surface area contributed by atoms with Crippen LogP contribution in [0.5, 0.6) is 0 Å². The highest BCUT2D eigenvalue weighted by Gasteiger charge is 2.21. The molecule has 5 nitrogen and oxygen atoms in total. The topological polar surface area (TPSA) is 65.5 Å². The van der Waals surface area contributed by atoms with E-state index in [0.29, 0.717) is 29.0 Å². The molecule has 2 N–H and O–H groups in total. The van der Waals surface area contributed by atoms with Gasteiger partial charge in [-0.25, -0.2) is 4.98 Å². The van der Waals surface area contributed by atoms with Crippen molar-refractivity contribution in [3.8, 4) is 0 Å². The lowest BCUT2D eigenvalue weighted by Crippen LogP contribution is -2.33. The molecule has 0 radical (unpaired) electrons. The monoisotopic (exact) mass is 311 g/mol. The van der Waals surface area contributed by atoms with Gasteiger partial charge in [0.05, 0.1) is 6.10 Å². The molecule has 1 aromatic heterocycles. The van der Waals surface area contributed by atoms with E-state index >= 15 is 0 Å². The molecule has 1 fully saturated rings. The number of rotatable bonds is 4. The smallest absolute Gasteiger partial charge is 0.251 e. The molecule has 0 bridgehead atoms. The van der Waals surface area contributed by atoms with Gasteiger partial charge in [0.1, 0.15) is 11.0 Å². The van der Waals surface area contributed by atoms with Crippen LogP contribution in [-0.4, -0.2) is 42.7 Å². The number of aliphatic hydroxyl groups is 1. The summed E-state index contributed by atoms with van der Waals surface area (Å²) in [5.74, 6) is 0.853. The number of pyridine rings is 1. The number of amides is 1. The normalized spacial score (nSPS) is 21.9. The maximum absolute atomic E-state index is 12.2. The summed E-state index contributed by atoms with van der Waals surface area (Å²) in [7, 11) is 3.70. The van der Waals surface area contributed by atoms with Crippen LogP contribution < -0.4 is 10.2 Å². The molecule has 0 spiro atoms. The fourth-order valence-electron chi connectivity index (χ4n) is 2.63. The molecule has 1 aliphatic rings. The van der Waals surface area contributed by atoms with Crippen molar-refractivity contribution in [2.24, 2.45) is 5.92 Å². The Hall–Kier alpha value is -1.33. The number of carbonyl (C=O) groups is 1. The molecule has 2 atom stereocenters. The second-order valence-corrected chi connectivity index (χ2v) is 6.21. The van der Waals surface area contributed by atoms with Crippen LogP contribution in [0.4, 0.5) is 5.82 Å². The Balaban J connectivity index is 1.96. The van der Waals surface area contributed by atoms with E-state index in [1.165, 1.54) is 0 Å². The van der Waals surface area contributed by atoms with Crippen molar-refractivity contribution >= 4 is 23.3 Å². The van der Waals surface area contributed by atoms with Gasteiger partial charge in [-0.2, -0.15) is 0 Å². The van der Waals surface area contributed by atoms with Crippen LogP contribution in [0.1, 0.15) is 36.0 Å². The van der Waals surface area contributed by atoms with E-state index in [2.05, 4.69) is 10.3 Å². The number of anilines is 1. The molecule has 21 heavy (non-hydrogen) atoms. The van der Waals surface area contributed by atoms with E-state index < -0.39 is 0 Å². The third kappa shape index (κ3) is 4.58. The molecule has 2 rings (SSSR count). The largest absolute Gasteiger partial charge is 0.393 e. The van der Waals surface area contributed by atoms with Gasteiger partial charge < -0.3 is 15.3 Å². The van der Waals surface area contributed by atoms with Crippen LogP contribution in [-0.2, 0) is 0 Å². The van der Waals surface area contributed by atoms with Crippen LogP contribution >= 0.6 is 11.6 Å². The van der Waals surface area contributed by atoms with Crippen molar-refractivity contribution < 1.29 is 9.90 Å². The quantitative estimate of drug-likeness (QED) is 0.836. The summed E-state index contributed by atoms with van der Waals surface area (Å²) >= 11 is 5.96. The van der Waals surface area contributed by atoms with Gasteiger partial charge in [-0.3, -0.25) is 4.79 Å². The third-order valence-electron chi connectivity index (χ3n) is 3.81. The van der Waals surface area contributed by atoms with E-state index in [4.69, 9.17) is 11.6 Å². The Morgan fingerprint density at radius 3 is 2.90 bits per heavy atom. The fraction of sp³-hybridized carbons (Fsp3) is 0.600. The van der Waals surface area contributed by atoms with Gasteiger partial charge >= 0.3 is 0 Å². The summed E-state index contributed by atoms with van der Waals surface area (Å²) in [6.07, 6.45) is 3.48. The lowest BCUT2D eigenvalue weighted by Gasteiger charge is -2.25. The minimum atomic E-state index is -0.226. The number of halogens is 1. The highest BCUT2D eigenvalue weighted by atomic mass is 35.5. The van der Waals surface area contributed by atoms with Gasteiger partial charge in [0.25, 0.3) is 5.91 Å². The van der Waals surface area contributed by atoms with Gasteiger partial charge in [-0.15, -0.1) is 0 Å². The summed E-state index contributed by atoms with van der Waals surface area (Å²) < 4.78 is 0. The molecule has 0 aliphatic heterocycles. The Bertz CT molecular complexity index is 508. The standard InChI is InChI=1S/C15H22ClN3O2/c1-19(2)14-8-11(7-13(16)18-14)15(21)17-9-10-4-3-5-12(20)6-10/h7-8,10,12,20H,3-6,9H2,1-2H3,(H,17,21). The Labute approximate surface area is 130 Å². The van der Waals surface area contributed by atoms with Crippen LogP contribution in [0.25, 0.3) is 0 Å². The van der Waals surface area contributed by atoms with Crippen molar-refractivity contribution in [1.29, 1.82) is 0 Å². The highest BCUT2D eigenvalue weighted by molar-refractivity contribution is 6.29.